The van der Waals surface area contributed by atoms with Crippen LogP contribution in [-0.4, -0.2) is 12.0 Å². The second kappa shape index (κ2) is 8.22. The first-order valence-electron chi connectivity index (χ1n) is 9.83. The lowest BCUT2D eigenvalue weighted by Crippen LogP contribution is -2.39. The highest BCUT2D eigenvalue weighted by Crippen LogP contribution is 2.47. The average Bonchev–Trinajstić information content (AvgIpc) is 2.76. The summed E-state index contributed by atoms with van der Waals surface area (Å²) < 4.78 is 0. The molecular weight excluding hydrogens is 414 g/mol. The van der Waals surface area contributed by atoms with Crippen LogP contribution in [0.3, 0.4) is 0 Å². The van der Waals surface area contributed by atoms with E-state index < -0.39 is 5.92 Å². The summed E-state index contributed by atoms with van der Waals surface area (Å²) in [5.74, 6) is 0.0137. The maximum atomic E-state index is 13.1. The topological polar surface area (TPSA) is 70.1 Å². The molecule has 1 atom stereocenters. The molecule has 6 heteroatoms. The molecule has 1 unspecified atom stereocenters. The Morgan fingerprint density at radius 2 is 1.93 bits per heavy atom. The minimum atomic E-state index is -0.440. The number of rotatable bonds is 3. The van der Waals surface area contributed by atoms with E-state index in [4.69, 9.17) is 17.3 Å². The second-order valence-corrected chi connectivity index (χ2v) is 8.76. The Kier molecular flexibility index (Phi) is 5.64. The van der Waals surface area contributed by atoms with Crippen molar-refractivity contribution in [2.75, 3.05) is 11.2 Å². The van der Waals surface area contributed by atoms with Gasteiger partial charge in [-0.2, -0.15) is 5.26 Å². The summed E-state index contributed by atoms with van der Waals surface area (Å²) in [6.07, 6.45) is 4.00. The number of nitriles is 1. The van der Waals surface area contributed by atoms with Crippen molar-refractivity contribution in [2.24, 2.45) is 5.73 Å². The molecule has 0 saturated heterocycles. The molecule has 152 valence electrons. The minimum Gasteiger partial charge on any atom is -0.384 e. The summed E-state index contributed by atoms with van der Waals surface area (Å²) in [5.41, 5.74) is 11.2. The molecule has 1 aliphatic carbocycles. The standard InChI is InChI=1S/C24H22ClN3OS/c1-14-18(25)5-3-6-19(14)28-20-7-4-8-21(29)23(20)22(17(13-26)24(28)27)15-9-11-16(30-2)12-10-15/h3,5-6,9-12,22H,4,7-8,27H2,1-2H3. The number of allylic oxidation sites excluding steroid dienone is 3. The lowest BCUT2D eigenvalue weighted by atomic mass is 9.75. The van der Waals surface area contributed by atoms with E-state index in [1.807, 2.05) is 60.5 Å². The summed E-state index contributed by atoms with van der Waals surface area (Å²) >= 11 is 8.03. The first-order valence-corrected chi connectivity index (χ1v) is 11.4. The quantitative estimate of drug-likeness (QED) is 0.628. The lowest BCUT2D eigenvalue weighted by Gasteiger charge is -2.40. The van der Waals surface area contributed by atoms with Gasteiger partial charge in [0, 0.05) is 27.6 Å². The first kappa shape index (κ1) is 20.6. The van der Waals surface area contributed by atoms with Crippen LogP contribution in [0.15, 0.2) is 70.0 Å². The van der Waals surface area contributed by atoms with Crippen molar-refractivity contribution in [2.45, 2.75) is 37.0 Å². The molecule has 4 nitrogen and oxygen atoms in total. The Balaban J connectivity index is 1.96. The van der Waals surface area contributed by atoms with Crippen molar-refractivity contribution in [3.8, 4) is 6.07 Å². The van der Waals surface area contributed by atoms with E-state index in [1.165, 1.54) is 0 Å². The zero-order valence-corrected chi connectivity index (χ0v) is 18.5. The molecule has 0 aromatic heterocycles. The molecule has 0 amide bonds. The third-order valence-corrected chi connectivity index (χ3v) is 7.00. The Hall–Kier alpha value is -2.68. The van der Waals surface area contributed by atoms with E-state index in [0.717, 1.165) is 40.2 Å². The van der Waals surface area contributed by atoms with Crippen molar-refractivity contribution < 1.29 is 4.79 Å². The van der Waals surface area contributed by atoms with Gasteiger partial charge in [0.2, 0.25) is 0 Å². The fourth-order valence-corrected chi connectivity index (χ4v) is 4.91. The van der Waals surface area contributed by atoms with Crippen LogP contribution in [0.2, 0.25) is 5.02 Å². The van der Waals surface area contributed by atoms with Crippen molar-refractivity contribution in [3.63, 3.8) is 0 Å². The van der Waals surface area contributed by atoms with Crippen LogP contribution in [0.5, 0.6) is 0 Å². The highest BCUT2D eigenvalue weighted by molar-refractivity contribution is 7.98. The summed E-state index contributed by atoms with van der Waals surface area (Å²) in [5, 5.41) is 10.7. The van der Waals surface area contributed by atoms with Gasteiger partial charge in [-0.3, -0.25) is 9.69 Å². The predicted molar refractivity (Wildman–Crippen MR) is 122 cm³/mol. The predicted octanol–water partition coefficient (Wildman–Crippen LogP) is 5.68. The van der Waals surface area contributed by atoms with Gasteiger partial charge in [0.15, 0.2) is 5.78 Å². The summed E-state index contributed by atoms with van der Waals surface area (Å²) in [6.45, 7) is 1.93. The SMILES string of the molecule is CSc1ccc(C2C(C#N)=C(N)N(c3cccc(Cl)c3C)C3=C2C(=O)CCC3)cc1. The van der Waals surface area contributed by atoms with Crippen molar-refractivity contribution in [1.82, 2.24) is 0 Å². The molecule has 30 heavy (non-hydrogen) atoms. The van der Waals surface area contributed by atoms with Crippen LogP contribution in [0, 0.1) is 18.3 Å². The van der Waals surface area contributed by atoms with Crippen LogP contribution in [-0.2, 0) is 4.79 Å². The van der Waals surface area contributed by atoms with Gasteiger partial charge in [-0.25, -0.2) is 0 Å². The largest absolute Gasteiger partial charge is 0.384 e. The number of Topliss-reactive ketones (excluding diaryl/α,β-unsaturated/α-hetero) is 1. The lowest BCUT2D eigenvalue weighted by molar-refractivity contribution is -0.116. The summed E-state index contributed by atoms with van der Waals surface area (Å²) in [7, 11) is 0. The fourth-order valence-electron chi connectivity index (χ4n) is 4.33. The Bertz CT molecular complexity index is 1130. The molecule has 0 fully saturated rings. The average molecular weight is 436 g/mol. The highest BCUT2D eigenvalue weighted by atomic mass is 35.5. The number of carbonyl (C=O) groups excluding carboxylic acids is 1. The number of anilines is 1. The number of nitrogens with zero attached hydrogens (tertiary/aromatic N) is 2. The maximum Gasteiger partial charge on any atom is 0.161 e. The fraction of sp³-hybridized carbons (Fsp3) is 0.250. The molecule has 1 aliphatic heterocycles. The van der Waals surface area contributed by atoms with Crippen LogP contribution in [0.1, 0.15) is 36.3 Å². The van der Waals surface area contributed by atoms with E-state index in [0.29, 0.717) is 28.4 Å². The van der Waals surface area contributed by atoms with Gasteiger partial charge in [-0.1, -0.05) is 29.8 Å². The molecule has 0 spiro atoms. The maximum absolute atomic E-state index is 13.1. The second-order valence-electron chi connectivity index (χ2n) is 7.47. The van der Waals surface area contributed by atoms with Crippen molar-refractivity contribution in [3.05, 3.63) is 81.3 Å². The van der Waals surface area contributed by atoms with Gasteiger partial charge in [0.25, 0.3) is 0 Å². The van der Waals surface area contributed by atoms with E-state index in [9.17, 15) is 10.1 Å². The number of hydrogen-bond donors (Lipinski definition) is 1. The zero-order chi connectivity index (χ0) is 21.4. The summed E-state index contributed by atoms with van der Waals surface area (Å²) in [4.78, 5) is 16.1. The molecular formula is C24H22ClN3OS. The molecule has 2 N–H and O–H groups in total. The molecule has 0 bridgehead atoms. The van der Waals surface area contributed by atoms with Crippen molar-refractivity contribution >= 4 is 34.8 Å². The normalized spacial score (nSPS) is 19.1. The van der Waals surface area contributed by atoms with Crippen molar-refractivity contribution in [1.29, 1.82) is 5.26 Å². The van der Waals surface area contributed by atoms with Crippen LogP contribution in [0.25, 0.3) is 0 Å². The number of hydrogen-bond acceptors (Lipinski definition) is 5. The van der Waals surface area contributed by atoms with E-state index in [-0.39, 0.29) is 5.78 Å². The third-order valence-electron chi connectivity index (χ3n) is 5.84. The molecule has 2 aromatic rings. The molecule has 0 radical (unpaired) electrons. The van der Waals surface area contributed by atoms with Gasteiger partial charge >= 0.3 is 0 Å². The smallest absolute Gasteiger partial charge is 0.161 e. The number of benzene rings is 2. The highest BCUT2D eigenvalue weighted by Gasteiger charge is 2.40. The molecule has 0 saturated carbocycles. The van der Waals surface area contributed by atoms with Crippen LogP contribution < -0.4 is 10.6 Å². The van der Waals surface area contributed by atoms with Gasteiger partial charge < -0.3 is 5.73 Å². The van der Waals surface area contributed by atoms with Gasteiger partial charge in [-0.05, 0) is 61.4 Å². The zero-order valence-electron chi connectivity index (χ0n) is 16.9. The van der Waals surface area contributed by atoms with Gasteiger partial charge in [-0.15, -0.1) is 11.8 Å². The number of ketones is 1. The monoisotopic (exact) mass is 435 g/mol. The minimum absolute atomic E-state index is 0.0834. The molecule has 2 aromatic carbocycles. The van der Waals surface area contributed by atoms with E-state index in [1.54, 1.807) is 11.8 Å². The number of thioether (sulfide) groups is 1. The Morgan fingerprint density at radius 1 is 1.20 bits per heavy atom. The molecule has 4 rings (SSSR count). The first-order chi connectivity index (χ1) is 14.5. The Morgan fingerprint density at radius 3 is 2.60 bits per heavy atom. The van der Waals surface area contributed by atoms with Crippen LogP contribution >= 0.6 is 23.4 Å². The Labute approximate surface area is 186 Å². The molecule has 1 heterocycles. The molecule has 2 aliphatic rings. The third kappa shape index (κ3) is 3.30. The number of carbonyl (C=O) groups is 1. The number of halogens is 1. The number of nitrogens with two attached hydrogens (primary N) is 1. The van der Waals surface area contributed by atoms with Gasteiger partial charge in [0.05, 0.1) is 23.2 Å². The van der Waals surface area contributed by atoms with Gasteiger partial charge in [0.1, 0.15) is 5.82 Å². The van der Waals surface area contributed by atoms with E-state index in [2.05, 4.69) is 6.07 Å². The van der Waals surface area contributed by atoms with E-state index >= 15 is 0 Å². The van der Waals surface area contributed by atoms with Crippen LogP contribution in [0.4, 0.5) is 5.69 Å². The summed E-state index contributed by atoms with van der Waals surface area (Å²) in [6, 6.07) is 16.0.